The maximum Gasteiger partial charge on any atom is 0.276 e. The van der Waals surface area contributed by atoms with Crippen LogP contribution in [0.15, 0.2) is 10.6 Å². The Morgan fingerprint density at radius 1 is 1.57 bits per heavy atom. The van der Waals surface area contributed by atoms with Gasteiger partial charge in [0.15, 0.2) is 5.69 Å². The number of aryl methyl sites for hydroxylation is 1. The molecule has 0 aliphatic carbocycles. The number of nitrogens with zero attached hydrogens (tertiary/aromatic N) is 3. The van der Waals surface area contributed by atoms with Gasteiger partial charge >= 0.3 is 0 Å². The van der Waals surface area contributed by atoms with E-state index in [4.69, 9.17) is 9.26 Å². The Bertz CT molecular complexity index is 501. The van der Waals surface area contributed by atoms with Gasteiger partial charge in [-0.05, 0) is 39.5 Å². The quantitative estimate of drug-likeness (QED) is 0.770. The van der Waals surface area contributed by atoms with Gasteiger partial charge in [-0.2, -0.15) is 0 Å². The first kappa shape index (κ1) is 17.9. The van der Waals surface area contributed by atoms with Crippen molar-refractivity contribution in [1.82, 2.24) is 15.0 Å². The third kappa shape index (κ3) is 5.04. The Kier molecular flexibility index (Phi) is 6.59. The van der Waals surface area contributed by atoms with Crippen LogP contribution in [0.4, 0.5) is 0 Å². The van der Waals surface area contributed by atoms with Crippen LogP contribution in [0, 0.1) is 12.8 Å². The number of rotatable bonds is 7. The van der Waals surface area contributed by atoms with E-state index < -0.39 is 0 Å². The van der Waals surface area contributed by atoms with E-state index in [1.165, 1.54) is 0 Å². The van der Waals surface area contributed by atoms with Crippen LogP contribution >= 0.6 is 0 Å². The van der Waals surface area contributed by atoms with Gasteiger partial charge in [0.1, 0.15) is 5.76 Å². The number of carbonyl (C=O) groups is 1. The predicted molar refractivity (Wildman–Crippen MR) is 88.5 cm³/mol. The molecule has 0 saturated carbocycles. The molecule has 6 nitrogen and oxygen atoms in total. The Balaban J connectivity index is 1.93. The van der Waals surface area contributed by atoms with Gasteiger partial charge in [-0.3, -0.25) is 9.69 Å². The van der Waals surface area contributed by atoms with E-state index in [0.717, 1.165) is 45.6 Å². The normalized spacial score (nSPS) is 18.9. The lowest BCUT2D eigenvalue weighted by atomic mass is 9.96. The van der Waals surface area contributed by atoms with Crippen LogP contribution in [0.25, 0.3) is 0 Å². The number of carbonyl (C=O) groups excluding carboxylic acids is 1. The van der Waals surface area contributed by atoms with Gasteiger partial charge in [-0.15, -0.1) is 0 Å². The summed E-state index contributed by atoms with van der Waals surface area (Å²) in [7, 11) is 1.74. The van der Waals surface area contributed by atoms with E-state index in [-0.39, 0.29) is 5.91 Å². The Morgan fingerprint density at radius 2 is 2.35 bits per heavy atom. The second-order valence-corrected chi connectivity index (χ2v) is 6.66. The molecule has 1 fully saturated rings. The zero-order chi connectivity index (χ0) is 16.8. The largest absolute Gasteiger partial charge is 0.383 e. The number of hydrogen-bond donors (Lipinski definition) is 0. The molecule has 23 heavy (non-hydrogen) atoms. The number of aromatic nitrogens is 1. The summed E-state index contributed by atoms with van der Waals surface area (Å²) >= 11 is 0. The smallest absolute Gasteiger partial charge is 0.276 e. The predicted octanol–water partition coefficient (Wildman–Crippen LogP) is 2.19. The van der Waals surface area contributed by atoms with Gasteiger partial charge in [0.2, 0.25) is 0 Å². The molecule has 1 atom stereocenters. The first-order valence-corrected chi connectivity index (χ1v) is 8.46. The fourth-order valence-corrected chi connectivity index (χ4v) is 3.13. The number of piperidine rings is 1. The highest BCUT2D eigenvalue weighted by atomic mass is 16.5. The minimum Gasteiger partial charge on any atom is -0.383 e. The van der Waals surface area contributed by atoms with E-state index in [1.807, 2.05) is 4.90 Å². The molecule has 1 amide bonds. The lowest BCUT2D eigenvalue weighted by Crippen LogP contribution is -2.45. The van der Waals surface area contributed by atoms with Crippen molar-refractivity contribution in [2.75, 3.05) is 39.9 Å². The summed E-state index contributed by atoms with van der Waals surface area (Å²) in [6.45, 7) is 10.5. The third-order valence-electron chi connectivity index (χ3n) is 4.46. The minimum absolute atomic E-state index is 0.0143. The van der Waals surface area contributed by atoms with Gasteiger partial charge in [0, 0.05) is 45.4 Å². The molecular weight excluding hydrogens is 294 g/mol. The second kappa shape index (κ2) is 8.45. The van der Waals surface area contributed by atoms with Crippen LogP contribution in [-0.4, -0.2) is 66.8 Å². The van der Waals surface area contributed by atoms with Crippen molar-refractivity contribution in [3.05, 3.63) is 17.5 Å². The highest BCUT2D eigenvalue weighted by Gasteiger charge is 2.27. The van der Waals surface area contributed by atoms with E-state index in [2.05, 4.69) is 23.9 Å². The molecule has 1 aliphatic heterocycles. The molecule has 0 bridgehead atoms. The van der Waals surface area contributed by atoms with E-state index in [0.29, 0.717) is 23.4 Å². The standard InChI is InChI=1S/C17H29N3O3/c1-13(2)19(8-9-22-4)11-15-6-5-7-20(12-15)17(21)16-10-14(3)23-18-16/h10,13,15H,5-9,11-12H2,1-4H3. The van der Waals surface area contributed by atoms with Crippen molar-refractivity contribution in [3.63, 3.8) is 0 Å². The van der Waals surface area contributed by atoms with Gasteiger partial charge in [0.05, 0.1) is 6.61 Å². The molecule has 1 saturated heterocycles. The summed E-state index contributed by atoms with van der Waals surface area (Å²) in [5.74, 6) is 1.16. The molecule has 0 radical (unpaired) electrons. The van der Waals surface area contributed by atoms with Crippen molar-refractivity contribution < 1.29 is 14.1 Å². The van der Waals surface area contributed by atoms with Crippen molar-refractivity contribution in [2.45, 2.75) is 39.7 Å². The highest BCUT2D eigenvalue weighted by Crippen LogP contribution is 2.20. The monoisotopic (exact) mass is 323 g/mol. The summed E-state index contributed by atoms with van der Waals surface area (Å²) in [4.78, 5) is 16.9. The first-order chi connectivity index (χ1) is 11.0. The van der Waals surface area contributed by atoms with E-state index in [9.17, 15) is 4.79 Å². The summed E-state index contributed by atoms with van der Waals surface area (Å²) in [5, 5.41) is 3.85. The molecular formula is C17H29N3O3. The fourth-order valence-electron chi connectivity index (χ4n) is 3.13. The summed E-state index contributed by atoms with van der Waals surface area (Å²) < 4.78 is 10.2. The number of hydrogen-bond acceptors (Lipinski definition) is 5. The van der Waals surface area contributed by atoms with Crippen LogP contribution in [-0.2, 0) is 4.74 Å². The Hall–Kier alpha value is -1.40. The maximum atomic E-state index is 12.5. The zero-order valence-corrected chi connectivity index (χ0v) is 14.7. The van der Waals surface area contributed by atoms with Crippen LogP contribution in [0.2, 0.25) is 0 Å². The number of ether oxygens (including phenoxy) is 1. The molecule has 2 rings (SSSR count). The molecule has 6 heteroatoms. The van der Waals surface area contributed by atoms with Crippen molar-refractivity contribution in [2.24, 2.45) is 5.92 Å². The molecule has 2 heterocycles. The van der Waals surface area contributed by atoms with Gasteiger partial charge in [-0.25, -0.2) is 0 Å². The number of amides is 1. The number of likely N-dealkylation sites (tertiary alicyclic amines) is 1. The van der Waals surface area contributed by atoms with Crippen LogP contribution in [0.3, 0.4) is 0 Å². The van der Waals surface area contributed by atoms with Crippen LogP contribution in [0.5, 0.6) is 0 Å². The fraction of sp³-hybridized carbons (Fsp3) is 0.765. The van der Waals surface area contributed by atoms with Crippen molar-refractivity contribution in [1.29, 1.82) is 0 Å². The number of methoxy groups -OCH3 is 1. The Labute approximate surface area is 138 Å². The van der Waals surface area contributed by atoms with Crippen LogP contribution < -0.4 is 0 Å². The average Bonchev–Trinajstić information content (AvgIpc) is 2.97. The second-order valence-electron chi connectivity index (χ2n) is 6.66. The van der Waals surface area contributed by atoms with Gasteiger partial charge in [0.25, 0.3) is 5.91 Å². The maximum absolute atomic E-state index is 12.5. The van der Waals surface area contributed by atoms with Gasteiger partial charge < -0.3 is 14.2 Å². The molecule has 1 aromatic heterocycles. The molecule has 1 aromatic rings. The topological polar surface area (TPSA) is 58.8 Å². The minimum atomic E-state index is -0.0143. The average molecular weight is 323 g/mol. The lowest BCUT2D eigenvalue weighted by molar-refractivity contribution is 0.0586. The van der Waals surface area contributed by atoms with Crippen molar-refractivity contribution >= 4 is 5.91 Å². The molecule has 0 N–H and O–H groups in total. The summed E-state index contributed by atoms with van der Waals surface area (Å²) in [6, 6.07) is 2.19. The Morgan fingerprint density at radius 3 is 2.96 bits per heavy atom. The highest BCUT2D eigenvalue weighted by molar-refractivity contribution is 5.92. The summed E-state index contributed by atoms with van der Waals surface area (Å²) in [5.41, 5.74) is 0.420. The molecule has 130 valence electrons. The molecule has 0 spiro atoms. The SMILES string of the molecule is COCCN(CC1CCCN(C(=O)c2cc(C)on2)C1)C(C)C. The van der Waals surface area contributed by atoms with E-state index >= 15 is 0 Å². The van der Waals surface area contributed by atoms with Crippen molar-refractivity contribution in [3.8, 4) is 0 Å². The molecule has 1 aliphatic rings. The van der Waals surface area contributed by atoms with E-state index in [1.54, 1.807) is 20.1 Å². The third-order valence-corrected chi connectivity index (χ3v) is 4.46. The van der Waals surface area contributed by atoms with Crippen LogP contribution in [0.1, 0.15) is 42.9 Å². The molecule has 0 aromatic carbocycles. The zero-order valence-electron chi connectivity index (χ0n) is 14.7. The molecule has 1 unspecified atom stereocenters. The first-order valence-electron chi connectivity index (χ1n) is 8.46. The summed E-state index contributed by atoms with van der Waals surface area (Å²) in [6.07, 6.45) is 2.21. The van der Waals surface area contributed by atoms with Gasteiger partial charge in [-0.1, -0.05) is 5.16 Å². The lowest BCUT2D eigenvalue weighted by Gasteiger charge is -2.36.